The molecule has 0 bridgehead atoms. The van der Waals surface area contributed by atoms with Gasteiger partial charge in [-0.15, -0.1) is 0 Å². The van der Waals surface area contributed by atoms with E-state index in [4.69, 9.17) is 10.4 Å². The molecule has 1 N–H and O–H groups in total. The summed E-state index contributed by atoms with van der Waals surface area (Å²) in [6.45, 7) is 1.99. The minimum atomic E-state index is 0.0240. The van der Waals surface area contributed by atoms with E-state index >= 15 is 0 Å². The average Bonchev–Trinajstić information content (AvgIpc) is 2.17. The molecule has 0 heterocycles. The van der Waals surface area contributed by atoms with E-state index in [0.29, 0.717) is 5.56 Å². The summed E-state index contributed by atoms with van der Waals surface area (Å²) in [5.41, 5.74) is 2.72. The molecule has 0 amide bonds. The van der Waals surface area contributed by atoms with Crippen molar-refractivity contribution in [1.29, 1.82) is 5.26 Å². The van der Waals surface area contributed by atoms with E-state index in [-0.39, 0.29) is 6.61 Å². The van der Waals surface area contributed by atoms with Gasteiger partial charge in [-0.25, -0.2) is 0 Å². The van der Waals surface area contributed by atoms with Crippen LogP contribution in [-0.2, 0) is 0 Å². The molecule has 1 aromatic carbocycles. The number of aliphatic hydroxyl groups is 1. The lowest BCUT2D eigenvalue weighted by atomic mass is 10.1. The van der Waals surface area contributed by atoms with Gasteiger partial charge in [0.15, 0.2) is 0 Å². The van der Waals surface area contributed by atoms with Gasteiger partial charge in [0.25, 0.3) is 0 Å². The van der Waals surface area contributed by atoms with Crippen molar-refractivity contribution in [3.05, 3.63) is 41.0 Å². The lowest BCUT2D eigenvalue weighted by Crippen LogP contribution is -1.83. The molecule has 0 aliphatic carbocycles. The largest absolute Gasteiger partial charge is 0.392 e. The van der Waals surface area contributed by atoms with Gasteiger partial charge in [0, 0.05) is 0 Å². The number of nitrogens with zero attached hydrogens (tertiary/aromatic N) is 1. The molecule has 0 spiro atoms. The highest BCUT2D eigenvalue weighted by Crippen LogP contribution is 2.12. The maximum Gasteiger partial charge on any atom is 0.0991 e. The molecule has 66 valence electrons. The number of aryl methyl sites for hydroxylation is 1. The van der Waals surface area contributed by atoms with Crippen molar-refractivity contribution in [2.24, 2.45) is 0 Å². The van der Waals surface area contributed by atoms with E-state index in [2.05, 4.69) is 6.07 Å². The molecule has 2 heteroatoms. The molecule has 1 aromatic rings. The van der Waals surface area contributed by atoms with Gasteiger partial charge in [-0.05, 0) is 30.2 Å². The monoisotopic (exact) mass is 173 g/mol. The first-order chi connectivity index (χ1) is 6.27. The fraction of sp³-hybridized carbons (Fsp3) is 0.182. The summed E-state index contributed by atoms with van der Waals surface area (Å²) in [6.07, 6.45) is 3.47. The van der Waals surface area contributed by atoms with Crippen LogP contribution in [0.1, 0.15) is 16.7 Å². The summed E-state index contributed by atoms with van der Waals surface area (Å²) in [5.74, 6) is 0. The Labute approximate surface area is 77.8 Å². The van der Waals surface area contributed by atoms with Crippen LogP contribution < -0.4 is 0 Å². The van der Waals surface area contributed by atoms with Gasteiger partial charge < -0.3 is 5.11 Å². The maximum absolute atomic E-state index is 8.65. The van der Waals surface area contributed by atoms with E-state index in [1.165, 1.54) is 0 Å². The van der Waals surface area contributed by atoms with Gasteiger partial charge in [-0.2, -0.15) is 5.26 Å². The third-order valence-corrected chi connectivity index (χ3v) is 1.81. The van der Waals surface area contributed by atoms with Crippen LogP contribution in [0.4, 0.5) is 0 Å². The minimum Gasteiger partial charge on any atom is -0.392 e. The van der Waals surface area contributed by atoms with Crippen LogP contribution in [0.25, 0.3) is 6.08 Å². The Kier molecular flexibility index (Phi) is 3.24. The topological polar surface area (TPSA) is 44.0 Å². The summed E-state index contributed by atoms with van der Waals surface area (Å²) in [4.78, 5) is 0. The van der Waals surface area contributed by atoms with Crippen molar-refractivity contribution in [2.45, 2.75) is 6.92 Å². The Morgan fingerprint density at radius 3 is 2.92 bits per heavy atom. The van der Waals surface area contributed by atoms with Crippen LogP contribution in [0, 0.1) is 18.3 Å². The Balaban J connectivity index is 3.06. The van der Waals surface area contributed by atoms with Gasteiger partial charge in [-0.3, -0.25) is 0 Å². The molecule has 13 heavy (non-hydrogen) atoms. The second kappa shape index (κ2) is 4.44. The average molecular weight is 173 g/mol. The zero-order valence-electron chi connectivity index (χ0n) is 7.49. The number of nitriles is 1. The fourth-order valence-corrected chi connectivity index (χ4v) is 1.07. The minimum absolute atomic E-state index is 0.0240. The summed E-state index contributed by atoms with van der Waals surface area (Å²) < 4.78 is 0. The molecule has 0 saturated heterocycles. The highest BCUT2D eigenvalue weighted by atomic mass is 16.2. The van der Waals surface area contributed by atoms with Crippen LogP contribution >= 0.6 is 0 Å². The number of rotatable bonds is 2. The molecular weight excluding hydrogens is 162 g/mol. The molecule has 0 atom stereocenters. The van der Waals surface area contributed by atoms with Crippen LogP contribution in [0.5, 0.6) is 0 Å². The second-order valence-electron chi connectivity index (χ2n) is 2.77. The first-order valence-corrected chi connectivity index (χ1v) is 4.06. The van der Waals surface area contributed by atoms with Crippen molar-refractivity contribution in [2.75, 3.05) is 6.61 Å². The highest BCUT2D eigenvalue weighted by Gasteiger charge is 1.95. The molecule has 0 aromatic heterocycles. The second-order valence-corrected chi connectivity index (χ2v) is 2.77. The Morgan fingerprint density at radius 2 is 2.31 bits per heavy atom. The molecule has 0 saturated carbocycles. The predicted octanol–water partition coefficient (Wildman–Crippen LogP) is 1.87. The number of benzene rings is 1. The van der Waals surface area contributed by atoms with Crippen LogP contribution in [0.3, 0.4) is 0 Å². The fourth-order valence-electron chi connectivity index (χ4n) is 1.07. The van der Waals surface area contributed by atoms with Gasteiger partial charge in [-0.1, -0.05) is 18.2 Å². The standard InChI is InChI=1S/C11H11NO/c1-9-4-5-10(8-12)7-11(9)3-2-6-13/h2-5,7,13H,6H2,1H3. The van der Waals surface area contributed by atoms with Crippen molar-refractivity contribution in [3.63, 3.8) is 0 Å². The van der Waals surface area contributed by atoms with Gasteiger partial charge in [0.2, 0.25) is 0 Å². The lowest BCUT2D eigenvalue weighted by molar-refractivity contribution is 0.343. The Hall–Kier alpha value is -1.59. The molecule has 0 aliphatic rings. The first-order valence-electron chi connectivity index (χ1n) is 4.06. The SMILES string of the molecule is Cc1ccc(C#N)cc1C=CCO. The maximum atomic E-state index is 8.65. The normalized spacial score (nSPS) is 10.2. The third-order valence-electron chi connectivity index (χ3n) is 1.81. The lowest BCUT2D eigenvalue weighted by Gasteiger charge is -1.99. The summed E-state index contributed by atoms with van der Waals surface area (Å²) in [7, 11) is 0. The molecule has 1 rings (SSSR count). The Bertz CT molecular complexity index is 361. The van der Waals surface area contributed by atoms with Gasteiger partial charge in [0.1, 0.15) is 0 Å². The molecule has 0 unspecified atom stereocenters. The number of aliphatic hydroxyl groups excluding tert-OH is 1. The Morgan fingerprint density at radius 1 is 1.54 bits per heavy atom. The van der Waals surface area contributed by atoms with Crippen molar-refractivity contribution in [3.8, 4) is 6.07 Å². The van der Waals surface area contributed by atoms with Crippen molar-refractivity contribution >= 4 is 6.08 Å². The van der Waals surface area contributed by atoms with Crippen LogP contribution in [0.2, 0.25) is 0 Å². The van der Waals surface area contributed by atoms with Crippen molar-refractivity contribution in [1.82, 2.24) is 0 Å². The smallest absolute Gasteiger partial charge is 0.0991 e. The molecule has 2 nitrogen and oxygen atoms in total. The van der Waals surface area contributed by atoms with Crippen LogP contribution in [0.15, 0.2) is 24.3 Å². The zero-order valence-corrected chi connectivity index (χ0v) is 7.49. The molecule has 0 fully saturated rings. The summed E-state index contributed by atoms with van der Waals surface area (Å²) in [5, 5.41) is 17.2. The molecule has 0 radical (unpaired) electrons. The van der Waals surface area contributed by atoms with Crippen molar-refractivity contribution < 1.29 is 5.11 Å². The van der Waals surface area contributed by atoms with Gasteiger partial charge >= 0.3 is 0 Å². The first kappa shape index (κ1) is 9.50. The van der Waals surface area contributed by atoms with E-state index in [9.17, 15) is 0 Å². The van der Waals surface area contributed by atoms with Gasteiger partial charge in [0.05, 0.1) is 18.2 Å². The van der Waals surface area contributed by atoms with Crippen LogP contribution in [-0.4, -0.2) is 11.7 Å². The summed E-state index contributed by atoms with van der Waals surface area (Å²) >= 11 is 0. The molecular formula is C11H11NO. The van der Waals surface area contributed by atoms with E-state index in [1.54, 1.807) is 12.1 Å². The van der Waals surface area contributed by atoms with E-state index in [0.717, 1.165) is 11.1 Å². The quantitative estimate of drug-likeness (QED) is 0.742. The van der Waals surface area contributed by atoms with E-state index < -0.39 is 0 Å². The number of hydrogen-bond acceptors (Lipinski definition) is 2. The third kappa shape index (κ3) is 2.43. The van der Waals surface area contributed by atoms with E-state index in [1.807, 2.05) is 25.1 Å². The summed E-state index contributed by atoms with van der Waals surface area (Å²) in [6, 6.07) is 7.56. The number of hydrogen-bond donors (Lipinski definition) is 1. The highest BCUT2D eigenvalue weighted by molar-refractivity contribution is 5.56. The predicted molar refractivity (Wildman–Crippen MR) is 52.0 cm³/mol. The molecule has 0 aliphatic heterocycles. The zero-order chi connectivity index (χ0) is 9.68.